The van der Waals surface area contributed by atoms with Crippen molar-refractivity contribution in [2.45, 2.75) is 31.8 Å². The summed E-state index contributed by atoms with van der Waals surface area (Å²) in [5.74, 6) is 0.244. The topological polar surface area (TPSA) is 64.5 Å². The Kier molecular flexibility index (Phi) is 4.11. The number of methoxy groups -OCH3 is 1. The minimum Gasteiger partial charge on any atom is -0.465 e. The van der Waals surface area contributed by atoms with Crippen molar-refractivity contribution < 1.29 is 14.3 Å². The van der Waals surface area contributed by atoms with Gasteiger partial charge >= 0.3 is 5.97 Å². The molecule has 2 aliphatic rings. The van der Waals surface area contributed by atoms with Gasteiger partial charge in [0.2, 0.25) is 0 Å². The summed E-state index contributed by atoms with van der Waals surface area (Å²) in [5, 5.41) is 0. The van der Waals surface area contributed by atoms with Crippen LogP contribution in [0.3, 0.4) is 0 Å². The number of esters is 1. The molecule has 2 aliphatic heterocycles. The predicted molar refractivity (Wildman–Crippen MR) is 81.9 cm³/mol. The van der Waals surface area contributed by atoms with Gasteiger partial charge in [0.05, 0.1) is 19.3 Å². The monoisotopic (exact) mass is 303 g/mol. The normalized spacial score (nSPS) is 20.6. The fourth-order valence-electron chi connectivity index (χ4n) is 3.19. The van der Waals surface area contributed by atoms with E-state index in [2.05, 4.69) is 27.9 Å². The van der Waals surface area contributed by atoms with E-state index in [0.29, 0.717) is 11.4 Å². The highest BCUT2D eigenvalue weighted by Gasteiger charge is 2.36. The van der Waals surface area contributed by atoms with Gasteiger partial charge in [-0.2, -0.15) is 0 Å². The lowest BCUT2D eigenvalue weighted by molar-refractivity contribution is -0.0326. The van der Waals surface area contributed by atoms with E-state index < -0.39 is 5.97 Å². The quantitative estimate of drug-likeness (QED) is 0.615. The average Bonchev–Trinajstić information content (AvgIpc) is 2.55. The second kappa shape index (κ2) is 6.04. The number of nitrogens with zero attached hydrogens (tertiary/aromatic N) is 3. The smallest absolute Gasteiger partial charge is 0.343 e. The predicted octanol–water partition coefficient (Wildman–Crippen LogP) is 1.97. The highest BCUT2D eigenvalue weighted by Crippen LogP contribution is 2.34. The summed E-state index contributed by atoms with van der Waals surface area (Å²) in [7, 11) is 1.37. The lowest BCUT2D eigenvalue weighted by Gasteiger charge is -2.42. The van der Waals surface area contributed by atoms with E-state index >= 15 is 0 Å². The molecule has 6 nitrogen and oxygen atoms in total. The van der Waals surface area contributed by atoms with E-state index in [-0.39, 0.29) is 5.60 Å². The first-order valence-electron chi connectivity index (χ1n) is 7.59. The van der Waals surface area contributed by atoms with Crippen molar-refractivity contribution in [1.29, 1.82) is 0 Å². The Hall–Kier alpha value is -1.95. The van der Waals surface area contributed by atoms with Crippen LogP contribution in [-0.2, 0) is 9.47 Å². The van der Waals surface area contributed by atoms with E-state index in [0.717, 1.165) is 39.0 Å². The molecule has 1 spiro atoms. The van der Waals surface area contributed by atoms with E-state index in [1.54, 1.807) is 0 Å². The Morgan fingerprint density at radius 3 is 2.86 bits per heavy atom. The van der Waals surface area contributed by atoms with Crippen LogP contribution in [0.15, 0.2) is 24.2 Å². The van der Waals surface area contributed by atoms with Gasteiger partial charge in [0.25, 0.3) is 0 Å². The van der Waals surface area contributed by atoms with Crippen LogP contribution < -0.4 is 4.90 Å². The summed E-state index contributed by atoms with van der Waals surface area (Å²) in [5.41, 5.74) is 1.67. The molecule has 118 valence electrons. The van der Waals surface area contributed by atoms with Crippen molar-refractivity contribution in [2.24, 2.45) is 0 Å². The number of ether oxygens (including phenoxy) is 2. The molecule has 1 aromatic rings. The number of hydrogen-bond acceptors (Lipinski definition) is 6. The van der Waals surface area contributed by atoms with Crippen LogP contribution in [0.25, 0.3) is 0 Å². The Labute approximate surface area is 130 Å². The fraction of sp³-hybridized carbons (Fsp3) is 0.562. The van der Waals surface area contributed by atoms with Crippen LogP contribution in [0, 0.1) is 0 Å². The third kappa shape index (κ3) is 2.83. The second-order valence-corrected chi connectivity index (χ2v) is 5.89. The molecule has 1 fully saturated rings. The number of carbonyl (C=O) groups excluding carboxylic acids is 1. The molecule has 0 aromatic carbocycles. The number of anilines is 1. The largest absolute Gasteiger partial charge is 0.465 e. The van der Waals surface area contributed by atoms with Gasteiger partial charge in [-0.25, -0.2) is 14.8 Å². The minimum absolute atomic E-state index is 0.142. The van der Waals surface area contributed by atoms with Crippen molar-refractivity contribution in [3.05, 3.63) is 29.7 Å². The second-order valence-electron chi connectivity index (χ2n) is 5.89. The van der Waals surface area contributed by atoms with Gasteiger partial charge in [0.1, 0.15) is 17.7 Å². The molecular weight excluding hydrogens is 282 g/mol. The molecule has 22 heavy (non-hydrogen) atoms. The van der Waals surface area contributed by atoms with E-state index in [4.69, 9.17) is 9.47 Å². The average molecular weight is 303 g/mol. The number of piperidine rings is 1. The van der Waals surface area contributed by atoms with Gasteiger partial charge in [0.15, 0.2) is 0 Å². The summed E-state index contributed by atoms with van der Waals surface area (Å²) >= 11 is 0. The maximum absolute atomic E-state index is 11.9. The molecule has 0 aliphatic carbocycles. The Balaban J connectivity index is 1.77. The molecule has 6 heteroatoms. The molecule has 0 amide bonds. The third-order valence-electron chi connectivity index (χ3n) is 4.40. The van der Waals surface area contributed by atoms with Crippen molar-refractivity contribution >= 4 is 11.8 Å². The van der Waals surface area contributed by atoms with Crippen molar-refractivity contribution in [3.8, 4) is 0 Å². The molecular formula is C16H21N3O3. The number of carbonyl (C=O) groups is 1. The molecule has 3 rings (SSSR count). The molecule has 1 saturated heterocycles. The summed E-state index contributed by atoms with van der Waals surface area (Å²) in [6, 6.07) is 0. The standard InChI is InChI=1S/C16H21N3O3/c1-12-3-8-22-16(9-12)4-6-19(7-5-16)14-13(15(20)21-2)10-17-11-18-14/h9-11H,3-8H2,1-2H3. The first-order valence-corrected chi connectivity index (χ1v) is 7.59. The Morgan fingerprint density at radius 2 is 2.18 bits per heavy atom. The minimum atomic E-state index is -0.402. The lowest BCUT2D eigenvalue weighted by Crippen LogP contribution is -2.47. The zero-order chi connectivity index (χ0) is 15.6. The maximum Gasteiger partial charge on any atom is 0.343 e. The van der Waals surface area contributed by atoms with Gasteiger partial charge in [-0.15, -0.1) is 0 Å². The van der Waals surface area contributed by atoms with Gasteiger partial charge in [-0.3, -0.25) is 0 Å². The van der Waals surface area contributed by atoms with Gasteiger partial charge in [-0.1, -0.05) is 11.6 Å². The lowest BCUT2D eigenvalue weighted by atomic mass is 9.87. The molecule has 0 atom stereocenters. The molecule has 0 radical (unpaired) electrons. The summed E-state index contributed by atoms with van der Waals surface area (Å²) in [6.07, 6.45) is 8.07. The molecule has 0 unspecified atom stereocenters. The molecule has 3 heterocycles. The number of aromatic nitrogens is 2. The van der Waals surface area contributed by atoms with Crippen LogP contribution in [0.1, 0.15) is 36.5 Å². The molecule has 0 N–H and O–H groups in total. The van der Waals surface area contributed by atoms with Crippen LogP contribution in [-0.4, -0.2) is 48.3 Å². The SMILES string of the molecule is COC(=O)c1cncnc1N1CCC2(C=C(C)CCO2)CC1. The number of hydrogen-bond donors (Lipinski definition) is 0. The van der Waals surface area contributed by atoms with Crippen molar-refractivity contribution in [2.75, 3.05) is 31.7 Å². The van der Waals surface area contributed by atoms with Gasteiger partial charge in [-0.05, 0) is 26.2 Å². The van der Waals surface area contributed by atoms with Crippen LogP contribution in [0.5, 0.6) is 0 Å². The summed E-state index contributed by atoms with van der Waals surface area (Å²) in [4.78, 5) is 22.2. The highest BCUT2D eigenvalue weighted by molar-refractivity contribution is 5.94. The highest BCUT2D eigenvalue weighted by atomic mass is 16.5. The van der Waals surface area contributed by atoms with Crippen molar-refractivity contribution in [3.63, 3.8) is 0 Å². The zero-order valence-corrected chi connectivity index (χ0v) is 13.0. The van der Waals surface area contributed by atoms with Crippen LogP contribution in [0.2, 0.25) is 0 Å². The third-order valence-corrected chi connectivity index (χ3v) is 4.40. The summed E-state index contributed by atoms with van der Waals surface area (Å²) in [6.45, 7) is 4.55. The van der Waals surface area contributed by atoms with E-state index in [1.807, 2.05) is 0 Å². The number of rotatable bonds is 2. The Bertz CT molecular complexity index is 592. The maximum atomic E-state index is 11.9. The first-order chi connectivity index (χ1) is 10.6. The van der Waals surface area contributed by atoms with Gasteiger partial charge < -0.3 is 14.4 Å². The molecule has 0 bridgehead atoms. The van der Waals surface area contributed by atoms with E-state index in [1.165, 1.54) is 25.2 Å². The van der Waals surface area contributed by atoms with Crippen LogP contribution >= 0.6 is 0 Å². The van der Waals surface area contributed by atoms with Crippen molar-refractivity contribution in [1.82, 2.24) is 9.97 Å². The fourth-order valence-corrected chi connectivity index (χ4v) is 3.19. The molecule has 0 saturated carbocycles. The summed E-state index contributed by atoms with van der Waals surface area (Å²) < 4.78 is 10.8. The first kappa shape index (κ1) is 15.0. The van der Waals surface area contributed by atoms with Gasteiger partial charge in [0, 0.05) is 19.3 Å². The Morgan fingerprint density at radius 1 is 1.41 bits per heavy atom. The van der Waals surface area contributed by atoms with E-state index in [9.17, 15) is 4.79 Å². The van der Waals surface area contributed by atoms with Crippen LogP contribution in [0.4, 0.5) is 5.82 Å². The zero-order valence-electron chi connectivity index (χ0n) is 13.0. The molecule has 1 aromatic heterocycles.